The fraction of sp³-hybridized carbons (Fsp3) is 0.211. The lowest BCUT2D eigenvalue weighted by Crippen LogP contribution is -2.24. The molecule has 0 fully saturated rings. The van der Waals surface area contributed by atoms with Crippen LogP contribution in [0.5, 0.6) is 0 Å². The molecule has 2 aromatic rings. The van der Waals surface area contributed by atoms with Crippen LogP contribution in [0.1, 0.15) is 44.9 Å². The summed E-state index contributed by atoms with van der Waals surface area (Å²) in [5, 5.41) is 2.03. The third-order valence-electron chi connectivity index (χ3n) is 4.39. The number of anilines is 1. The molecule has 0 aliphatic carbocycles. The molecular weight excluding hydrogens is 368 g/mol. The van der Waals surface area contributed by atoms with E-state index in [9.17, 15) is 22.8 Å². The van der Waals surface area contributed by atoms with Crippen LogP contribution in [0.25, 0.3) is 0 Å². The molecule has 1 aliphatic rings. The Morgan fingerprint density at radius 3 is 2.33 bits per heavy atom. The molecule has 0 saturated carbocycles. The number of sulfone groups is 1. The molecule has 0 spiro atoms. The summed E-state index contributed by atoms with van der Waals surface area (Å²) in [6.07, 6.45) is 0. The number of fused-ring (bicyclic) bond motifs is 1. The number of amides is 3. The quantitative estimate of drug-likeness (QED) is 0.813. The molecule has 1 N–H and O–H groups in total. The molecule has 27 heavy (non-hydrogen) atoms. The van der Waals surface area contributed by atoms with Gasteiger partial charge in [0.05, 0.1) is 21.3 Å². The van der Waals surface area contributed by atoms with E-state index in [0.717, 1.165) is 4.90 Å². The number of hydrogen-bond acceptors (Lipinski definition) is 5. The highest BCUT2D eigenvalue weighted by atomic mass is 32.2. The van der Waals surface area contributed by atoms with Crippen LogP contribution in [0.15, 0.2) is 47.4 Å². The van der Waals surface area contributed by atoms with Crippen LogP contribution in [0.3, 0.4) is 0 Å². The van der Waals surface area contributed by atoms with Gasteiger partial charge in [0.25, 0.3) is 17.7 Å². The van der Waals surface area contributed by atoms with E-state index in [1.54, 1.807) is 13.8 Å². The molecule has 8 heteroatoms. The fourth-order valence-corrected chi connectivity index (χ4v) is 3.83. The normalized spacial score (nSPS) is 13.9. The van der Waals surface area contributed by atoms with Crippen LogP contribution in [0.4, 0.5) is 5.69 Å². The van der Waals surface area contributed by atoms with E-state index in [2.05, 4.69) is 5.32 Å². The van der Waals surface area contributed by atoms with Gasteiger partial charge in [-0.2, -0.15) is 0 Å². The molecule has 7 nitrogen and oxygen atoms in total. The van der Waals surface area contributed by atoms with E-state index in [0.29, 0.717) is 5.69 Å². The number of rotatable bonds is 4. The topological polar surface area (TPSA) is 101 Å². The molecule has 0 atom stereocenters. The molecular formula is C19H18N2O5S. The number of benzene rings is 2. The van der Waals surface area contributed by atoms with Crippen molar-refractivity contribution in [1.82, 2.24) is 4.90 Å². The first-order chi connectivity index (χ1) is 12.6. The maximum atomic E-state index is 12.5. The summed E-state index contributed by atoms with van der Waals surface area (Å²) in [5.74, 6) is -1.34. The van der Waals surface area contributed by atoms with Crippen molar-refractivity contribution < 1.29 is 22.8 Å². The monoisotopic (exact) mass is 386 g/mol. The van der Waals surface area contributed by atoms with Gasteiger partial charge >= 0.3 is 0 Å². The Hall–Kier alpha value is -3.00. The van der Waals surface area contributed by atoms with Gasteiger partial charge in [-0.3, -0.25) is 19.3 Å². The number of nitrogens with zero attached hydrogens (tertiary/aromatic N) is 1. The minimum atomic E-state index is -3.50. The smallest absolute Gasteiger partial charge is 0.261 e. The summed E-state index contributed by atoms with van der Waals surface area (Å²) in [6.45, 7) is 3.14. The molecule has 0 radical (unpaired) electrons. The summed E-state index contributed by atoms with van der Waals surface area (Å²) < 4.78 is 24.6. The number of nitrogens with one attached hydrogen (secondary N) is 1. The van der Waals surface area contributed by atoms with Gasteiger partial charge in [0, 0.05) is 18.3 Å². The zero-order valence-corrected chi connectivity index (χ0v) is 15.8. The highest BCUT2D eigenvalue weighted by molar-refractivity contribution is 7.92. The molecule has 3 amide bonds. The number of imide groups is 1. The Labute approximate surface area is 156 Å². The summed E-state index contributed by atoms with van der Waals surface area (Å²) in [7, 11) is -2.11. The SMILES string of the molecule is CC(C)S(=O)(=O)c1cccc(C(=O)Nc2ccc3c(c2)C(=O)N(C)C3=O)c1. The summed E-state index contributed by atoms with van der Waals surface area (Å²) in [5.41, 5.74) is 1.02. The van der Waals surface area contributed by atoms with E-state index < -0.39 is 26.9 Å². The van der Waals surface area contributed by atoms with E-state index in [1.165, 1.54) is 49.5 Å². The van der Waals surface area contributed by atoms with Gasteiger partial charge in [-0.15, -0.1) is 0 Å². The molecule has 0 saturated heterocycles. The Morgan fingerprint density at radius 2 is 1.67 bits per heavy atom. The number of carbonyl (C=O) groups excluding carboxylic acids is 3. The van der Waals surface area contributed by atoms with Gasteiger partial charge in [-0.1, -0.05) is 6.07 Å². The van der Waals surface area contributed by atoms with E-state index >= 15 is 0 Å². The molecule has 0 unspecified atom stereocenters. The highest BCUT2D eigenvalue weighted by Gasteiger charge is 2.32. The molecule has 2 aromatic carbocycles. The predicted molar refractivity (Wildman–Crippen MR) is 99.6 cm³/mol. The first-order valence-electron chi connectivity index (χ1n) is 8.24. The summed E-state index contributed by atoms with van der Waals surface area (Å²) in [4.78, 5) is 37.6. The van der Waals surface area contributed by atoms with Gasteiger partial charge in [0.15, 0.2) is 9.84 Å². The Balaban J connectivity index is 1.88. The van der Waals surface area contributed by atoms with Gasteiger partial charge in [-0.25, -0.2) is 8.42 Å². The van der Waals surface area contributed by atoms with Crippen molar-refractivity contribution in [2.24, 2.45) is 0 Å². The number of hydrogen-bond donors (Lipinski definition) is 1. The molecule has 140 valence electrons. The van der Waals surface area contributed by atoms with Crippen LogP contribution in [0.2, 0.25) is 0 Å². The first-order valence-corrected chi connectivity index (χ1v) is 9.79. The third kappa shape index (κ3) is 3.23. The second-order valence-corrected chi connectivity index (χ2v) is 9.01. The maximum Gasteiger partial charge on any atom is 0.261 e. The predicted octanol–water partition coefficient (Wildman–Crippen LogP) is 2.35. The lowest BCUT2D eigenvalue weighted by Gasteiger charge is -2.10. The minimum Gasteiger partial charge on any atom is -0.322 e. The molecule has 3 rings (SSSR count). The van der Waals surface area contributed by atoms with Crippen LogP contribution >= 0.6 is 0 Å². The molecule has 1 aliphatic heterocycles. The second-order valence-electron chi connectivity index (χ2n) is 6.51. The van der Waals surface area contributed by atoms with Crippen molar-refractivity contribution in [1.29, 1.82) is 0 Å². The van der Waals surface area contributed by atoms with E-state index in [4.69, 9.17) is 0 Å². The van der Waals surface area contributed by atoms with Crippen molar-refractivity contribution >= 4 is 33.2 Å². The van der Waals surface area contributed by atoms with Crippen LogP contribution < -0.4 is 5.32 Å². The van der Waals surface area contributed by atoms with Crippen LogP contribution in [-0.2, 0) is 9.84 Å². The van der Waals surface area contributed by atoms with Gasteiger partial charge in [-0.05, 0) is 50.2 Å². The lowest BCUT2D eigenvalue weighted by molar-refractivity contribution is 0.0692. The van der Waals surface area contributed by atoms with Crippen LogP contribution in [0, 0.1) is 0 Å². The van der Waals surface area contributed by atoms with Crippen molar-refractivity contribution in [3.05, 3.63) is 59.2 Å². The summed E-state index contributed by atoms with van der Waals surface area (Å²) in [6, 6.07) is 10.2. The Kier molecular flexibility index (Phi) is 4.61. The van der Waals surface area contributed by atoms with E-state index in [1.807, 2.05) is 0 Å². The van der Waals surface area contributed by atoms with Gasteiger partial charge < -0.3 is 5.32 Å². The van der Waals surface area contributed by atoms with Gasteiger partial charge in [0.2, 0.25) is 0 Å². The van der Waals surface area contributed by atoms with Crippen molar-refractivity contribution in [2.75, 3.05) is 12.4 Å². The Bertz CT molecular complexity index is 1070. The highest BCUT2D eigenvalue weighted by Crippen LogP contribution is 2.25. The molecule has 0 aromatic heterocycles. The molecule has 1 heterocycles. The fourth-order valence-electron chi connectivity index (χ4n) is 2.73. The largest absolute Gasteiger partial charge is 0.322 e. The zero-order chi connectivity index (χ0) is 19.9. The zero-order valence-electron chi connectivity index (χ0n) is 15.0. The van der Waals surface area contributed by atoms with Crippen molar-refractivity contribution in [3.8, 4) is 0 Å². The average Bonchev–Trinajstić information content (AvgIpc) is 2.85. The lowest BCUT2D eigenvalue weighted by atomic mass is 10.1. The van der Waals surface area contributed by atoms with Crippen LogP contribution in [-0.4, -0.2) is 43.3 Å². The van der Waals surface area contributed by atoms with Crippen molar-refractivity contribution in [2.45, 2.75) is 24.0 Å². The summed E-state index contributed by atoms with van der Waals surface area (Å²) >= 11 is 0. The first kappa shape index (κ1) is 18.8. The minimum absolute atomic E-state index is 0.0708. The maximum absolute atomic E-state index is 12.5. The standard InChI is InChI=1S/C19H18N2O5S/c1-11(2)27(25,26)14-6-4-5-12(9-14)17(22)20-13-7-8-15-16(10-13)19(24)21(3)18(15)23/h4-11H,1-3H3,(H,20,22). The number of carbonyl (C=O) groups is 3. The average molecular weight is 386 g/mol. The third-order valence-corrected chi connectivity index (χ3v) is 6.55. The van der Waals surface area contributed by atoms with E-state index in [-0.39, 0.29) is 27.5 Å². The Morgan fingerprint density at radius 1 is 1.00 bits per heavy atom. The van der Waals surface area contributed by atoms with Gasteiger partial charge in [0.1, 0.15) is 0 Å². The molecule has 0 bridgehead atoms. The second kappa shape index (κ2) is 6.62. The van der Waals surface area contributed by atoms with Crippen molar-refractivity contribution in [3.63, 3.8) is 0 Å².